The lowest BCUT2D eigenvalue weighted by atomic mass is 10.1. The molecule has 0 radical (unpaired) electrons. The number of carbonyl (C=O) groups is 3. The molecule has 0 saturated carbocycles. The van der Waals surface area contributed by atoms with Crippen molar-refractivity contribution in [2.75, 3.05) is 6.54 Å². The molecule has 3 N–H and O–H groups in total. The number of hydrogen-bond acceptors (Lipinski definition) is 5. The van der Waals surface area contributed by atoms with E-state index in [4.69, 9.17) is 9.47 Å². The van der Waals surface area contributed by atoms with Crippen LogP contribution in [0.4, 0.5) is 9.59 Å². The van der Waals surface area contributed by atoms with Gasteiger partial charge in [-0.05, 0) is 45.2 Å². The molecule has 3 amide bonds. The van der Waals surface area contributed by atoms with Crippen LogP contribution in [0, 0.1) is 0 Å². The monoisotopic (exact) mass is 455 g/mol. The minimum atomic E-state index is -0.813. The molecule has 0 bridgehead atoms. The largest absolute Gasteiger partial charge is 0.445 e. The van der Waals surface area contributed by atoms with E-state index in [1.807, 2.05) is 60.7 Å². The highest BCUT2D eigenvalue weighted by molar-refractivity contribution is 5.85. The maximum Gasteiger partial charge on any atom is 0.408 e. The second kappa shape index (κ2) is 12.5. The van der Waals surface area contributed by atoms with E-state index < -0.39 is 35.8 Å². The number of amides is 3. The van der Waals surface area contributed by atoms with Gasteiger partial charge in [0.2, 0.25) is 5.91 Å². The topological polar surface area (TPSA) is 106 Å². The van der Waals surface area contributed by atoms with Gasteiger partial charge in [-0.2, -0.15) is 0 Å². The van der Waals surface area contributed by atoms with Crippen LogP contribution >= 0.6 is 0 Å². The van der Waals surface area contributed by atoms with Crippen LogP contribution in [0.5, 0.6) is 0 Å². The minimum Gasteiger partial charge on any atom is -0.445 e. The summed E-state index contributed by atoms with van der Waals surface area (Å²) in [5, 5.41) is 8.09. The van der Waals surface area contributed by atoms with Gasteiger partial charge in [0.05, 0.1) is 6.04 Å². The first-order valence-electron chi connectivity index (χ1n) is 10.9. The highest BCUT2D eigenvalue weighted by Crippen LogP contribution is 2.08. The average molecular weight is 456 g/mol. The number of rotatable bonds is 9. The Labute approximate surface area is 195 Å². The molecule has 0 aliphatic heterocycles. The molecule has 0 aromatic heterocycles. The average Bonchev–Trinajstić information content (AvgIpc) is 2.76. The fourth-order valence-electron chi connectivity index (χ4n) is 2.93. The van der Waals surface area contributed by atoms with Crippen LogP contribution in [0.3, 0.4) is 0 Å². The summed E-state index contributed by atoms with van der Waals surface area (Å²) in [4.78, 5) is 36.8. The van der Waals surface area contributed by atoms with Crippen molar-refractivity contribution in [2.24, 2.45) is 0 Å². The summed E-state index contributed by atoms with van der Waals surface area (Å²) in [5.74, 6) is -0.393. The minimum absolute atomic E-state index is 0.111. The summed E-state index contributed by atoms with van der Waals surface area (Å²) in [7, 11) is 0. The Bertz CT molecular complexity index is 897. The Balaban J connectivity index is 1.86. The van der Waals surface area contributed by atoms with Crippen LogP contribution in [0.1, 0.15) is 38.8 Å². The summed E-state index contributed by atoms with van der Waals surface area (Å²) >= 11 is 0. The molecule has 33 heavy (non-hydrogen) atoms. The Morgan fingerprint density at radius 3 is 2.00 bits per heavy atom. The second-order valence-corrected chi connectivity index (χ2v) is 8.71. The van der Waals surface area contributed by atoms with Crippen LogP contribution in [-0.4, -0.2) is 42.3 Å². The molecule has 0 fully saturated rings. The van der Waals surface area contributed by atoms with Gasteiger partial charge >= 0.3 is 12.2 Å². The maximum absolute atomic E-state index is 12.5. The van der Waals surface area contributed by atoms with Crippen molar-refractivity contribution < 1.29 is 23.9 Å². The van der Waals surface area contributed by atoms with Gasteiger partial charge in [0.15, 0.2) is 0 Å². The predicted octanol–water partition coefficient (Wildman–Crippen LogP) is 3.55. The van der Waals surface area contributed by atoms with E-state index >= 15 is 0 Å². The third-order valence-electron chi connectivity index (χ3n) is 4.51. The van der Waals surface area contributed by atoms with Crippen molar-refractivity contribution in [3.05, 3.63) is 71.8 Å². The summed E-state index contributed by atoms with van der Waals surface area (Å²) in [6, 6.07) is 17.7. The number of carbonyl (C=O) groups excluding carboxylic acids is 3. The van der Waals surface area contributed by atoms with Gasteiger partial charge in [0, 0.05) is 6.54 Å². The summed E-state index contributed by atoms with van der Waals surface area (Å²) in [5.41, 5.74) is 1.22. The van der Waals surface area contributed by atoms with E-state index in [0.29, 0.717) is 6.42 Å². The molecule has 2 atom stereocenters. The van der Waals surface area contributed by atoms with Crippen molar-refractivity contribution in [1.82, 2.24) is 16.0 Å². The van der Waals surface area contributed by atoms with E-state index in [9.17, 15) is 14.4 Å². The molecule has 8 nitrogen and oxygen atoms in total. The van der Waals surface area contributed by atoms with E-state index in [-0.39, 0.29) is 13.2 Å². The molecule has 0 saturated heterocycles. The lowest BCUT2D eigenvalue weighted by Gasteiger charge is -2.24. The number of benzene rings is 2. The Morgan fingerprint density at radius 1 is 0.848 bits per heavy atom. The SMILES string of the molecule is C[C@@H](NC(=O)OCc1ccccc1)C(=O)NC[C@H](Cc1ccccc1)NC(=O)OC(C)(C)C. The Hall–Kier alpha value is -3.55. The molecular formula is C25H33N3O5. The van der Waals surface area contributed by atoms with Gasteiger partial charge in [0.1, 0.15) is 18.2 Å². The Kier molecular flexibility index (Phi) is 9.72. The molecule has 0 unspecified atom stereocenters. The standard InChI is InChI=1S/C25H33N3O5/c1-18(27-23(30)32-17-20-13-9-6-10-14-20)22(29)26-16-21(15-19-11-7-5-8-12-19)28-24(31)33-25(2,3)4/h5-14,18,21H,15-17H2,1-4H3,(H,26,29)(H,27,30)(H,28,31)/t18-,21+/m1/s1. The van der Waals surface area contributed by atoms with Gasteiger partial charge in [0.25, 0.3) is 0 Å². The molecule has 2 aromatic rings. The van der Waals surface area contributed by atoms with Crippen molar-refractivity contribution >= 4 is 18.1 Å². The van der Waals surface area contributed by atoms with E-state index in [1.165, 1.54) is 0 Å². The zero-order valence-electron chi connectivity index (χ0n) is 19.6. The zero-order valence-corrected chi connectivity index (χ0v) is 19.6. The number of hydrogen-bond donors (Lipinski definition) is 3. The van der Waals surface area contributed by atoms with E-state index in [2.05, 4.69) is 16.0 Å². The second-order valence-electron chi connectivity index (χ2n) is 8.71. The van der Waals surface area contributed by atoms with E-state index in [0.717, 1.165) is 11.1 Å². The normalized spacial score (nSPS) is 12.7. The quantitative estimate of drug-likeness (QED) is 0.536. The van der Waals surface area contributed by atoms with Gasteiger partial charge in [-0.25, -0.2) is 9.59 Å². The summed E-state index contributed by atoms with van der Waals surface area (Å²) < 4.78 is 10.5. The van der Waals surface area contributed by atoms with Gasteiger partial charge in [-0.1, -0.05) is 60.7 Å². The fraction of sp³-hybridized carbons (Fsp3) is 0.400. The molecule has 0 aliphatic carbocycles. The van der Waals surface area contributed by atoms with Crippen LogP contribution in [0.15, 0.2) is 60.7 Å². The first kappa shape index (κ1) is 25.7. The van der Waals surface area contributed by atoms with Gasteiger partial charge < -0.3 is 25.4 Å². The first-order valence-corrected chi connectivity index (χ1v) is 10.9. The first-order chi connectivity index (χ1) is 15.6. The van der Waals surface area contributed by atoms with Crippen LogP contribution in [0.2, 0.25) is 0 Å². The smallest absolute Gasteiger partial charge is 0.408 e. The van der Waals surface area contributed by atoms with Crippen molar-refractivity contribution in [3.63, 3.8) is 0 Å². The molecule has 0 heterocycles. The zero-order chi connectivity index (χ0) is 24.3. The van der Waals surface area contributed by atoms with Crippen molar-refractivity contribution in [2.45, 2.75) is 58.4 Å². The van der Waals surface area contributed by atoms with Gasteiger partial charge in [-0.3, -0.25) is 4.79 Å². The molecule has 2 aromatic carbocycles. The van der Waals surface area contributed by atoms with Crippen LogP contribution < -0.4 is 16.0 Å². The summed E-state index contributed by atoms with van der Waals surface area (Å²) in [6.45, 7) is 7.19. The molecular weight excluding hydrogens is 422 g/mol. The predicted molar refractivity (Wildman–Crippen MR) is 126 cm³/mol. The Morgan fingerprint density at radius 2 is 1.42 bits per heavy atom. The third kappa shape index (κ3) is 10.5. The molecule has 0 aliphatic rings. The fourth-order valence-corrected chi connectivity index (χ4v) is 2.93. The number of alkyl carbamates (subject to hydrolysis) is 2. The molecule has 2 rings (SSSR count). The number of nitrogens with one attached hydrogen (secondary N) is 3. The molecule has 0 spiro atoms. The summed E-state index contributed by atoms with van der Waals surface area (Å²) in [6.07, 6.45) is -0.746. The lowest BCUT2D eigenvalue weighted by Crippen LogP contribution is -2.50. The third-order valence-corrected chi connectivity index (χ3v) is 4.51. The van der Waals surface area contributed by atoms with Crippen LogP contribution in [0.25, 0.3) is 0 Å². The highest BCUT2D eigenvalue weighted by Gasteiger charge is 2.22. The van der Waals surface area contributed by atoms with Crippen molar-refractivity contribution in [3.8, 4) is 0 Å². The maximum atomic E-state index is 12.5. The lowest BCUT2D eigenvalue weighted by molar-refractivity contribution is -0.122. The molecule has 178 valence electrons. The van der Waals surface area contributed by atoms with Gasteiger partial charge in [-0.15, -0.1) is 0 Å². The van der Waals surface area contributed by atoms with Crippen LogP contribution in [-0.2, 0) is 27.3 Å². The number of ether oxygens (including phenoxy) is 2. The molecule has 8 heteroatoms. The van der Waals surface area contributed by atoms with Crippen molar-refractivity contribution in [1.29, 1.82) is 0 Å². The highest BCUT2D eigenvalue weighted by atomic mass is 16.6. The van der Waals surface area contributed by atoms with E-state index in [1.54, 1.807) is 27.7 Å².